The molecule has 0 saturated carbocycles. The minimum absolute atomic E-state index is 0.0776. The van der Waals surface area contributed by atoms with E-state index in [4.69, 9.17) is 4.74 Å². The summed E-state index contributed by atoms with van der Waals surface area (Å²) in [5.41, 5.74) is 0.408. The van der Waals surface area contributed by atoms with Gasteiger partial charge in [-0.3, -0.25) is 19.7 Å². The van der Waals surface area contributed by atoms with Gasteiger partial charge in [-0.25, -0.2) is 0 Å². The SMILES string of the molecule is C[C@@H](Oc1ccc(C=O)cc1[N+](=O)[O-])C(=O)Nc1cccc2ccccc12. The smallest absolute Gasteiger partial charge is 0.311 e. The Morgan fingerprint density at radius 2 is 1.89 bits per heavy atom. The summed E-state index contributed by atoms with van der Waals surface area (Å²) in [5, 5.41) is 15.8. The molecule has 0 radical (unpaired) electrons. The molecule has 1 amide bonds. The van der Waals surface area contributed by atoms with Crippen molar-refractivity contribution in [1.82, 2.24) is 0 Å². The zero-order valence-corrected chi connectivity index (χ0v) is 14.4. The van der Waals surface area contributed by atoms with Crippen molar-refractivity contribution in [3.63, 3.8) is 0 Å². The second-order valence-corrected chi connectivity index (χ2v) is 5.88. The van der Waals surface area contributed by atoms with Gasteiger partial charge in [0.05, 0.1) is 4.92 Å². The van der Waals surface area contributed by atoms with E-state index in [1.54, 1.807) is 6.07 Å². The van der Waals surface area contributed by atoms with Gasteiger partial charge < -0.3 is 10.1 Å². The van der Waals surface area contributed by atoms with E-state index in [2.05, 4.69) is 5.32 Å². The predicted molar refractivity (Wildman–Crippen MR) is 101 cm³/mol. The molecule has 0 spiro atoms. The van der Waals surface area contributed by atoms with Crippen LogP contribution in [0.2, 0.25) is 0 Å². The molecule has 3 aromatic carbocycles. The summed E-state index contributed by atoms with van der Waals surface area (Å²) >= 11 is 0. The van der Waals surface area contributed by atoms with Crippen LogP contribution in [-0.2, 0) is 4.79 Å². The fourth-order valence-corrected chi connectivity index (χ4v) is 2.66. The third-order valence-corrected chi connectivity index (χ3v) is 4.04. The van der Waals surface area contributed by atoms with Crippen LogP contribution < -0.4 is 10.1 Å². The maximum Gasteiger partial charge on any atom is 0.311 e. The van der Waals surface area contributed by atoms with E-state index in [0.29, 0.717) is 12.0 Å². The molecule has 3 aromatic rings. The third-order valence-electron chi connectivity index (χ3n) is 4.04. The zero-order chi connectivity index (χ0) is 19.4. The molecule has 136 valence electrons. The van der Waals surface area contributed by atoms with E-state index in [0.717, 1.165) is 16.8 Å². The number of ether oxygens (including phenoxy) is 1. The number of nitro benzene ring substituents is 1. The lowest BCUT2D eigenvalue weighted by molar-refractivity contribution is -0.386. The van der Waals surface area contributed by atoms with Crippen molar-refractivity contribution in [2.75, 3.05) is 5.32 Å². The summed E-state index contributed by atoms with van der Waals surface area (Å²) < 4.78 is 5.48. The van der Waals surface area contributed by atoms with Crippen molar-refractivity contribution in [1.29, 1.82) is 0 Å². The number of aldehydes is 1. The molecule has 1 atom stereocenters. The lowest BCUT2D eigenvalue weighted by Gasteiger charge is -2.16. The maximum atomic E-state index is 12.5. The molecule has 0 fully saturated rings. The summed E-state index contributed by atoms with van der Waals surface area (Å²) in [5.74, 6) is -0.522. The first-order valence-electron chi connectivity index (χ1n) is 8.18. The maximum absolute atomic E-state index is 12.5. The Labute approximate surface area is 154 Å². The average molecular weight is 364 g/mol. The summed E-state index contributed by atoms with van der Waals surface area (Å²) in [6.45, 7) is 1.50. The topological polar surface area (TPSA) is 98.5 Å². The molecule has 0 aliphatic carbocycles. The second kappa shape index (κ2) is 7.65. The normalized spacial score (nSPS) is 11.6. The molecule has 0 aliphatic heterocycles. The van der Waals surface area contributed by atoms with E-state index < -0.39 is 16.9 Å². The summed E-state index contributed by atoms with van der Waals surface area (Å²) in [4.78, 5) is 33.8. The molecule has 3 rings (SSSR count). The Morgan fingerprint density at radius 1 is 1.15 bits per heavy atom. The van der Waals surface area contributed by atoms with Gasteiger partial charge in [0.2, 0.25) is 0 Å². The first-order chi connectivity index (χ1) is 13.0. The lowest BCUT2D eigenvalue weighted by Crippen LogP contribution is -2.30. The molecule has 0 aromatic heterocycles. The number of amides is 1. The van der Waals surface area contributed by atoms with Crippen LogP contribution in [0, 0.1) is 10.1 Å². The monoisotopic (exact) mass is 364 g/mol. The van der Waals surface area contributed by atoms with Crippen molar-refractivity contribution in [3.05, 3.63) is 76.3 Å². The molecule has 27 heavy (non-hydrogen) atoms. The van der Waals surface area contributed by atoms with E-state index in [1.165, 1.54) is 19.1 Å². The highest BCUT2D eigenvalue weighted by atomic mass is 16.6. The van der Waals surface area contributed by atoms with E-state index in [-0.39, 0.29) is 17.0 Å². The van der Waals surface area contributed by atoms with Gasteiger partial charge in [0, 0.05) is 22.7 Å². The summed E-state index contributed by atoms with van der Waals surface area (Å²) in [6, 6.07) is 16.9. The van der Waals surface area contributed by atoms with Crippen LogP contribution in [0.25, 0.3) is 10.8 Å². The van der Waals surface area contributed by atoms with Crippen LogP contribution in [0.15, 0.2) is 60.7 Å². The molecular formula is C20H16N2O5. The van der Waals surface area contributed by atoms with Gasteiger partial charge in [-0.05, 0) is 30.5 Å². The fourth-order valence-electron chi connectivity index (χ4n) is 2.66. The van der Waals surface area contributed by atoms with Crippen LogP contribution in [-0.4, -0.2) is 23.2 Å². The Kier molecular flexibility index (Phi) is 5.12. The quantitative estimate of drug-likeness (QED) is 0.405. The largest absolute Gasteiger partial charge is 0.474 e. The Morgan fingerprint density at radius 3 is 2.63 bits per heavy atom. The predicted octanol–water partition coefficient (Wildman–Crippen LogP) is 3.97. The summed E-state index contributed by atoms with van der Waals surface area (Å²) in [7, 11) is 0. The van der Waals surface area contributed by atoms with Gasteiger partial charge in [0.25, 0.3) is 5.91 Å². The molecule has 7 heteroatoms. The number of nitro groups is 1. The van der Waals surface area contributed by atoms with Crippen LogP contribution in [0.4, 0.5) is 11.4 Å². The van der Waals surface area contributed by atoms with Crippen molar-refractivity contribution in [3.8, 4) is 5.75 Å². The second-order valence-electron chi connectivity index (χ2n) is 5.88. The highest BCUT2D eigenvalue weighted by Crippen LogP contribution is 2.29. The number of rotatable bonds is 6. The molecule has 0 heterocycles. The lowest BCUT2D eigenvalue weighted by atomic mass is 10.1. The van der Waals surface area contributed by atoms with Gasteiger partial charge in [-0.2, -0.15) is 0 Å². The van der Waals surface area contributed by atoms with Crippen molar-refractivity contribution < 1.29 is 19.2 Å². The Hall–Kier alpha value is -3.74. The number of carbonyl (C=O) groups excluding carboxylic acids is 2. The van der Waals surface area contributed by atoms with Gasteiger partial charge in [-0.1, -0.05) is 36.4 Å². The average Bonchev–Trinajstić information content (AvgIpc) is 2.68. The molecule has 0 saturated heterocycles. The van der Waals surface area contributed by atoms with Gasteiger partial charge in [0.15, 0.2) is 11.9 Å². The molecule has 1 N–H and O–H groups in total. The highest BCUT2D eigenvalue weighted by molar-refractivity contribution is 6.03. The molecule has 0 unspecified atom stereocenters. The number of carbonyl (C=O) groups is 2. The minimum atomic E-state index is -0.982. The Bertz CT molecular complexity index is 1030. The van der Waals surface area contributed by atoms with E-state index in [1.807, 2.05) is 36.4 Å². The number of anilines is 1. The van der Waals surface area contributed by atoms with Gasteiger partial charge in [0.1, 0.15) is 6.29 Å². The number of nitrogens with zero attached hydrogens (tertiary/aromatic N) is 1. The van der Waals surface area contributed by atoms with Crippen LogP contribution >= 0.6 is 0 Å². The van der Waals surface area contributed by atoms with E-state index in [9.17, 15) is 19.7 Å². The fraction of sp³-hybridized carbons (Fsp3) is 0.100. The summed E-state index contributed by atoms with van der Waals surface area (Å²) in [6.07, 6.45) is -0.474. The molecule has 0 aliphatic rings. The minimum Gasteiger partial charge on any atom is -0.474 e. The first-order valence-corrected chi connectivity index (χ1v) is 8.18. The highest BCUT2D eigenvalue weighted by Gasteiger charge is 2.22. The van der Waals surface area contributed by atoms with Gasteiger partial charge in [-0.15, -0.1) is 0 Å². The first kappa shape index (κ1) is 18.1. The van der Waals surface area contributed by atoms with Crippen molar-refractivity contribution in [2.24, 2.45) is 0 Å². The van der Waals surface area contributed by atoms with Crippen molar-refractivity contribution in [2.45, 2.75) is 13.0 Å². The molecule has 7 nitrogen and oxygen atoms in total. The number of benzene rings is 3. The number of hydrogen-bond acceptors (Lipinski definition) is 5. The Balaban J connectivity index is 1.80. The number of hydrogen-bond donors (Lipinski definition) is 1. The third kappa shape index (κ3) is 3.92. The van der Waals surface area contributed by atoms with Crippen LogP contribution in [0.3, 0.4) is 0 Å². The molecular weight excluding hydrogens is 348 g/mol. The van der Waals surface area contributed by atoms with Crippen LogP contribution in [0.1, 0.15) is 17.3 Å². The molecule has 0 bridgehead atoms. The van der Waals surface area contributed by atoms with Gasteiger partial charge >= 0.3 is 5.69 Å². The van der Waals surface area contributed by atoms with E-state index >= 15 is 0 Å². The zero-order valence-electron chi connectivity index (χ0n) is 14.4. The van der Waals surface area contributed by atoms with Crippen molar-refractivity contribution >= 4 is 34.3 Å². The number of fused-ring (bicyclic) bond motifs is 1. The standard InChI is InChI=1S/C20H16N2O5/c1-13(27-19-10-9-14(12-23)11-18(19)22(25)26)20(24)21-17-8-4-6-15-5-2-3-7-16(15)17/h2-13H,1H3,(H,21,24)/t13-/m1/s1. The number of nitrogens with one attached hydrogen (secondary N) is 1. The van der Waals surface area contributed by atoms with Crippen LogP contribution in [0.5, 0.6) is 5.75 Å².